The summed E-state index contributed by atoms with van der Waals surface area (Å²) in [4.78, 5) is 11.0. The quantitative estimate of drug-likeness (QED) is 0.175. The lowest BCUT2D eigenvalue weighted by Gasteiger charge is -2.48. The van der Waals surface area contributed by atoms with Crippen LogP contribution in [0.1, 0.15) is 110 Å². The second-order valence-corrected chi connectivity index (χ2v) is 17.9. The molecule has 6 fully saturated rings. The van der Waals surface area contributed by atoms with Crippen LogP contribution in [0.3, 0.4) is 0 Å². The number of benzene rings is 2. The maximum Gasteiger partial charge on any atom is 0.136 e. The summed E-state index contributed by atoms with van der Waals surface area (Å²) in [6, 6.07) is 11.2. The molecular weight excluding hydrogens is 562 g/mol. The third-order valence-corrected chi connectivity index (χ3v) is 16.9. The molecule has 6 saturated carbocycles. The van der Waals surface area contributed by atoms with Crippen molar-refractivity contribution in [1.29, 1.82) is 0 Å². The van der Waals surface area contributed by atoms with E-state index in [1.54, 1.807) is 11.1 Å². The lowest BCUT2D eigenvalue weighted by molar-refractivity contribution is 0.00321. The second-order valence-electron chi connectivity index (χ2n) is 17.9. The lowest BCUT2D eigenvalue weighted by atomic mass is 9.56. The summed E-state index contributed by atoms with van der Waals surface area (Å²) < 4.78 is 9.46. The van der Waals surface area contributed by atoms with Gasteiger partial charge in [0, 0.05) is 55.5 Å². The molecule has 8 aliphatic carbocycles. The summed E-state index contributed by atoms with van der Waals surface area (Å²) in [6.45, 7) is 0. The zero-order chi connectivity index (χ0) is 29.0. The van der Waals surface area contributed by atoms with Gasteiger partial charge in [0.25, 0.3) is 0 Å². The van der Waals surface area contributed by atoms with E-state index in [0.717, 1.165) is 34.8 Å². The van der Waals surface area contributed by atoms with Gasteiger partial charge in [-0.05, 0) is 134 Å². The van der Waals surface area contributed by atoms with Crippen molar-refractivity contribution in [1.82, 2.24) is 14.4 Å². The molecule has 5 aromatic heterocycles. The van der Waals surface area contributed by atoms with Crippen molar-refractivity contribution in [3.8, 4) is 0 Å². The number of hydrogen-bond acceptors (Lipinski definition) is 3. The third kappa shape index (κ3) is 2.08. The van der Waals surface area contributed by atoms with Crippen LogP contribution in [0.5, 0.6) is 0 Å². The number of rotatable bonds is 0. The van der Waals surface area contributed by atoms with Gasteiger partial charge in [-0.3, -0.25) is 9.97 Å². The average molecular weight is 598 g/mol. The van der Waals surface area contributed by atoms with E-state index >= 15 is 0 Å². The van der Waals surface area contributed by atoms with Gasteiger partial charge < -0.3 is 8.82 Å². The van der Waals surface area contributed by atoms with Crippen molar-refractivity contribution >= 4 is 60.0 Å². The van der Waals surface area contributed by atoms with E-state index in [0.29, 0.717) is 34.5 Å². The smallest absolute Gasteiger partial charge is 0.136 e. The molecule has 5 heterocycles. The average Bonchev–Trinajstić information content (AvgIpc) is 3.89. The van der Waals surface area contributed by atoms with Gasteiger partial charge in [-0.1, -0.05) is 18.2 Å². The maximum atomic E-state index is 6.82. The van der Waals surface area contributed by atoms with Crippen molar-refractivity contribution < 1.29 is 4.42 Å². The molecule has 0 aliphatic heterocycles. The van der Waals surface area contributed by atoms with Crippen LogP contribution < -0.4 is 0 Å². The first kappa shape index (κ1) is 22.8. The molecular formula is C42H35N3O. The Morgan fingerprint density at radius 2 is 1.17 bits per heavy atom. The molecule has 0 amide bonds. The first-order valence-electron chi connectivity index (χ1n) is 18.5. The Labute approximate surface area is 265 Å². The highest BCUT2D eigenvalue weighted by Gasteiger charge is 2.67. The zero-order valence-corrected chi connectivity index (χ0v) is 26.0. The molecule has 6 bridgehead atoms. The monoisotopic (exact) mass is 597 g/mol. The number of furan rings is 1. The summed E-state index contributed by atoms with van der Waals surface area (Å²) in [5.41, 5.74) is 13.5. The van der Waals surface area contributed by atoms with Crippen LogP contribution >= 0.6 is 0 Å². The SMILES string of the molecule is c1ccc2c(c1)oc1cc3c4c5c(ncc4n4c6cnc7c(c6c(c12)c34)C1CC2CC3CC7CC32C1)C1CC2CC3CC5CC23C1. The number of fused-ring (bicyclic) bond motifs is 22. The van der Waals surface area contributed by atoms with Crippen LogP contribution in [0.2, 0.25) is 0 Å². The molecule has 15 rings (SSSR count). The topological polar surface area (TPSA) is 43.3 Å². The lowest BCUT2D eigenvalue weighted by Crippen LogP contribution is -2.41. The molecule has 10 atom stereocenters. The van der Waals surface area contributed by atoms with Crippen molar-refractivity contribution in [3.63, 3.8) is 0 Å². The van der Waals surface area contributed by atoms with Crippen molar-refractivity contribution in [2.45, 2.75) is 87.9 Å². The minimum absolute atomic E-state index is 0.618. The highest BCUT2D eigenvalue weighted by atomic mass is 16.3. The molecule has 4 nitrogen and oxygen atoms in total. The Hall–Kier alpha value is -3.66. The largest absolute Gasteiger partial charge is 0.456 e. The summed E-state index contributed by atoms with van der Waals surface area (Å²) in [5, 5.41) is 8.44. The van der Waals surface area contributed by atoms with Gasteiger partial charge in [-0.15, -0.1) is 0 Å². The molecule has 2 spiro atoms. The summed E-state index contributed by atoms with van der Waals surface area (Å²) in [6.07, 6.45) is 18.6. The fourth-order valence-electron chi connectivity index (χ4n) is 15.5. The van der Waals surface area contributed by atoms with Gasteiger partial charge in [0.05, 0.1) is 28.9 Å². The Kier molecular flexibility index (Phi) is 3.31. The number of nitrogens with zero attached hydrogens (tertiary/aromatic N) is 3. The summed E-state index contributed by atoms with van der Waals surface area (Å²) in [5.74, 6) is 6.40. The number of para-hydroxylation sites is 1. The Balaban J connectivity index is 1.16. The van der Waals surface area contributed by atoms with E-state index in [1.807, 2.05) is 0 Å². The minimum atomic E-state index is 0.618. The fraction of sp³-hybridized carbons (Fsp3) is 0.476. The molecule has 10 unspecified atom stereocenters. The van der Waals surface area contributed by atoms with E-state index in [1.165, 1.54) is 124 Å². The molecule has 8 aliphatic rings. The standard InChI is InChI=1S/C42H35N3O/c1-2-4-30-26(3-1)35-31(46-30)11-27-34-28(16-43-38-20-7-24-9-22-5-18(32(34)38)12-41(22,24)14-20)45-29-17-44-39-21-8-25-10-23-6-19(13-42(23,25)15-21)33(39)36(29)37(35)40(27)45/h1-4,11,16-25H,5-10,12-15H2. The Morgan fingerprint density at radius 3 is 1.87 bits per heavy atom. The molecule has 0 radical (unpaired) electrons. The highest BCUT2D eigenvalue weighted by Crippen LogP contribution is 2.77. The van der Waals surface area contributed by atoms with Crippen LogP contribution in [0, 0.1) is 34.5 Å². The van der Waals surface area contributed by atoms with E-state index < -0.39 is 0 Å². The van der Waals surface area contributed by atoms with E-state index in [2.05, 4.69) is 47.1 Å². The van der Waals surface area contributed by atoms with E-state index in [9.17, 15) is 0 Å². The van der Waals surface area contributed by atoms with Gasteiger partial charge in [-0.2, -0.15) is 0 Å². The third-order valence-electron chi connectivity index (χ3n) is 16.9. The van der Waals surface area contributed by atoms with Gasteiger partial charge in [-0.25, -0.2) is 0 Å². The van der Waals surface area contributed by atoms with Crippen molar-refractivity contribution in [2.75, 3.05) is 0 Å². The molecule has 224 valence electrons. The first-order valence-corrected chi connectivity index (χ1v) is 18.5. The van der Waals surface area contributed by atoms with Crippen molar-refractivity contribution in [2.24, 2.45) is 34.5 Å². The second kappa shape index (κ2) is 6.68. The van der Waals surface area contributed by atoms with Crippen molar-refractivity contribution in [3.05, 3.63) is 65.2 Å². The van der Waals surface area contributed by atoms with E-state index in [4.69, 9.17) is 14.4 Å². The number of pyridine rings is 2. The fourth-order valence-corrected chi connectivity index (χ4v) is 15.5. The van der Waals surface area contributed by atoms with Gasteiger partial charge in [0.2, 0.25) is 0 Å². The first-order chi connectivity index (χ1) is 22.7. The van der Waals surface area contributed by atoms with Gasteiger partial charge in [0.15, 0.2) is 0 Å². The van der Waals surface area contributed by atoms with Gasteiger partial charge >= 0.3 is 0 Å². The molecule has 46 heavy (non-hydrogen) atoms. The predicted molar refractivity (Wildman–Crippen MR) is 180 cm³/mol. The molecule has 2 aromatic carbocycles. The van der Waals surface area contributed by atoms with Crippen LogP contribution in [0.15, 0.2) is 47.1 Å². The molecule has 0 N–H and O–H groups in total. The van der Waals surface area contributed by atoms with E-state index in [-0.39, 0.29) is 0 Å². The zero-order valence-electron chi connectivity index (χ0n) is 26.0. The number of aromatic nitrogens is 3. The van der Waals surface area contributed by atoms with Gasteiger partial charge in [0.1, 0.15) is 11.2 Å². The summed E-state index contributed by atoms with van der Waals surface area (Å²) in [7, 11) is 0. The number of hydrogen-bond donors (Lipinski definition) is 0. The maximum absolute atomic E-state index is 6.82. The molecule has 4 heteroatoms. The Bertz CT molecular complexity index is 2640. The Morgan fingerprint density at radius 1 is 0.587 bits per heavy atom. The van der Waals surface area contributed by atoms with Crippen LogP contribution in [-0.2, 0) is 0 Å². The van der Waals surface area contributed by atoms with Crippen LogP contribution in [0.25, 0.3) is 60.0 Å². The predicted octanol–water partition coefficient (Wildman–Crippen LogP) is 10.3. The summed E-state index contributed by atoms with van der Waals surface area (Å²) >= 11 is 0. The van der Waals surface area contributed by atoms with Crippen LogP contribution in [0.4, 0.5) is 0 Å². The molecule has 7 aromatic rings. The highest BCUT2D eigenvalue weighted by molar-refractivity contribution is 6.35. The normalized spacial score (nSPS) is 40.3. The van der Waals surface area contributed by atoms with Crippen LogP contribution in [-0.4, -0.2) is 14.4 Å². The minimum Gasteiger partial charge on any atom is -0.456 e. The molecule has 0 saturated heterocycles.